The van der Waals surface area contributed by atoms with Gasteiger partial charge in [0, 0.05) is 54.8 Å². The van der Waals surface area contributed by atoms with Crippen molar-refractivity contribution in [3.8, 4) is 0 Å². The van der Waals surface area contributed by atoms with E-state index in [1.165, 1.54) is 38.6 Å². The zero-order chi connectivity index (χ0) is 39.5. The molecule has 7 atom stereocenters. The van der Waals surface area contributed by atoms with Crippen molar-refractivity contribution in [2.45, 2.75) is 95.8 Å². The Morgan fingerprint density at radius 2 is 1.81 bits per heavy atom. The van der Waals surface area contributed by atoms with E-state index in [9.17, 15) is 29.4 Å². The topological polar surface area (TPSA) is 154 Å². The van der Waals surface area contributed by atoms with Crippen LogP contribution in [0.25, 0.3) is 0 Å². The van der Waals surface area contributed by atoms with Crippen molar-refractivity contribution in [1.82, 2.24) is 15.5 Å². The van der Waals surface area contributed by atoms with Gasteiger partial charge in [0.05, 0.1) is 22.7 Å². The van der Waals surface area contributed by atoms with Gasteiger partial charge in [-0.15, -0.1) is 0 Å². The zero-order valence-corrected chi connectivity index (χ0v) is 34.2. The van der Waals surface area contributed by atoms with Crippen molar-refractivity contribution in [2.75, 3.05) is 25.6 Å². The maximum atomic E-state index is 14.8. The summed E-state index contributed by atoms with van der Waals surface area (Å²) in [5, 5.41) is 28.0. The summed E-state index contributed by atoms with van der Waals surface area (Å²) < 4.78 is 12.8. The lowest BCUT2D eigenvalue weighted by atomic mass is 9.43. The van der Waals surface area contributed by atoms with Crippen LogP contribution in [0.15, 0.2) is 81.7 Å². The van der Waals surface area contributed by atoms with Gasteiger partial charge in [-0.2, -0.15) is 0 Å². The lowest BCUT2D eigenvalue weighted by Crippen LogP contribution is -2.54. The fourth-order valence-corrected chi connectivity index (χ4v) is 13.9. The highest BCUT2D eigenvalue weighted by Crippen LogP contribution is 2.71. The standard InChI is InChI=1S/C44H53N3O8S2/c1-2-43(16-4-5-17-43)22-31-29-10-9-28-27-14-18-44(38(28)37(29)40(51)54-31)32-11-8-25(7-3-6-20-48)42(53)57-56-24-46-33-21-26(15-19-45-33)30(36(27)39(44)41(52)55-32)23-47-34(49)12-13-35(47)50/h11-13,15,21-22,25,27-28,30,38,42,45-46,48,53H,2-10,14,16-20,23-24H2,1H3. The summed E-state index contributed by atoms with van der Waals surface area (Å²) in [5.41, 5.74) is 2.41. The Balaban J connectivity index is 1.24. The van der Waals surface area contributed by atoms with Crippen LogP contribution in [0, 0.1) is 40.4 Å². The number of carbonyl (C=O) groups excluding carboxylic acids is 4. The van der Waals surface area contributed by atoms with Gasteiger partial charge in [0.15, 0.2) is 0 Å². The predicted molar refractivity (Wildman–Crippen MR) is 217 cm³/mol. The maximum Gasteiger partial charge on any atom is 0.340 e. The number of imide groups is 1. The van der Waals surface area contributed by atoms with Crippen LogP contribution in [-0.4, -0.2) is 69.9 Å². The third kappa shape index (κ3) is 6.59. The molecule has 7 bridgehead atoms. The van der Waals surface area contributed by atoms with Gasteiger partial charge in [0.2, 0.25) is 0 Å². The molecule has 11 nitrogen and oxygen atoms in total. The van der Waals surface area contributed by atoms with Gasteiger partial charge in [-0.05, 0) is 117 Å². The Labute approximate surface area is 342 Å². The van der Waals surface area contributed by atoms with Crippen LogP contribution < -0.4 is 10.6 Å². The van der Waals surface area contributed by atoms with E-state index >= 15 is 0 Å². The average molecular weight is 816 g/mol. The second-order valence-corrected chi connectivity index (χ2v) is 19.7. The summed E-state index contributed by atoms with van der Waals surface area (Å²) >= 11 is 0. The molecule has 0 aromatic heterocycles. The maximum absolute atomic E-state index is 14.8. The van der Waals surface area contributed by atoms with E-state index in [0.29, 0.717) is 67.2 Å². The Bertz CT molecular complexity index is 1950. The summed E-state index contributed by atoms with van der Waals surface area (Å²) in [6.45, 7) is 2.89. The molecule has 10 aliphatic rings. The van der Waals surface area contributed by atoms with Crippen LogP contribution in [-0.2, 0) is 28.7 Å². The van der Waals surface area contributed by atoms with Gasteiger partial charge in [-0.25, -0.2) is 9.59 Å². The summed E-state index contributed by atoms with van der Waals surface area (Å²) in [7, 11) is 2.91. The van der Waals surface area contributed by atoms with Crippen LogP contribution in [0.5, 0.6) is 0 Å². The van der Waals surface area contributed by atoms with E-state index in [2.05, 4.69) is 29.7 Å². The molecule has 0 radical (unpaired) electrons. The number of fused-ring (bicyclic) bond motifs is 2. The molecule has 57 heavy (non-hydrogen) atoms. The normalized spacial score (nSPS) is 35.1. The van der Waals surface area contributed by atoms with E-state index in [1.54, 1.807) is 0 Å². The monoisotopic (exact) mass is 815 g/mol. The Kier molecular flexibility index (Phi) is 10.7. The smallest absolute Gasteiger partial charge is 0.340 e. The molecular formula is C44H53N3O8S2. The minimum atomic E-state index is -0.954. The molecule has 10 rings (SSSR count). The molecule has 2 amide bonds. The Hall–Kier alpha value is -3.52. The number of hydrogen-bond acceptors (Lipinski definition) is 12. The molecule has 0 aromatic rings. The lowest BCUT2D eigenvalue weighted by Gasteiger charge is -2.57. The Morgan fingerprint density at radius 3 is 2.58 bits per heavy atom. The molecule has 1 spiro atoms. The first-order valence-electron chi connectivity index (χ1n) is 21.0. The van der Waals surface area contributed by atoms with Crippen LogP contribution in [0.2, 0.25) is 0 Å². The fourth-order valence-electron chi connectivity index (χ4n) is 11.8. The number of carbonyl (C=O) groups is 4. The van der Waals surface area contributed by atoms with Crippen molar-refractivity contribution in [1.29, 1.82) is 0 Å². The van der Waals surface area contributed by atoms with E-state index in [0.717, 1.165) is 73.9 Å². The highest BCUT2D eigenvalue weighted by Gasteiger charge is 2.69. The highest BCUT2D eigenvalue weighted by molar-refractivity contribution is 8.76. The average Bonchev–Trinajstić information content (AvgIpc) is 3.98. The predicted octanol–water partition coefficient (Wildman–Crippen LogP) is 6.21. The van der Waals surface area contributed by atoms with Crippen LogP contribution >= 0.6 is 21.6 Å². The van der Waals surface area contributed by atoms with E-state index in [-0.39, 0.29) is 60.0 Å². The molecule has 13 heteroatoms. The molecule has 2 saturated carbocycles. The highest BCUT2D eigenvalue weighted by atomic mass is 33.1. The number of ether oxygens (including phenoxy) is 2. The molecule has 0 aromatic carbocycles. The van der Waals surface area contributed by atoms with E-state index < -0.39 is 22.7 Å². The van der Waals surface area contributed by atoms with Gasteiger partial charge < -0.3 is 30.3 Å². The van der Waals surface area contributed by atoms with Crippen molar-refractivity contribution in [3.63, 3.8) is 0 Å². The number of allylic oxidation sites excluding steroid dienone is 5. The van der Waals surface area contributed by atoms with Crippen molar-refractivity contribution < 1.29 is 38.9 Å². The molecule has 5 aliphatic carbocycles. The number of nitrogens with one attached hydrogen (secondary N) is 2. The van der Waals surface area contributed by atoms with Gasteiger partial charge >= 0.3 is 11.9 Å². The van der Waals surface area contributed by atoms with Gasteiger partial charge in [-0.1, -0.05) is 53.9 Å². The summed E-state index contributed by atoms with van der Waals surface area (Å²) in [6.07, 6.45) is 21.8. The number of rotatable bonds is 8. The zero-order valence-electron chi connectivity index (χ0n) is 32.6. The number of esters is 2. The molecule has 304 valence electrons. The van der Waals surface area contributed by atoms with Crippen molar-refractivity contribution >= 4 is 45.3 Å². The summed E-state index contributed by atoms with van der Waals surface area (Å²) in [4.78, 5) is 56.9. The van der Waals surface area contributed by atoms with Crippen LogP contribution in [0.4, 0.5) is 0 Å². The Morgan fingerprint density at radius 1 is 1.00 bits per heavy atom. The number of nitrogens with zero attached hydrogens (tertiary/aromatic N) is 1. The third-order valence-corrected chi connectivity index (χ3v) is 16.9. The number of aliphatic hydroxyl groups is 2. The van der Waals surface area contributed by atoms with Crippen LogP contribution in [0.3, 0.4) is 0 Å². The van der Waals surface area contributed by atoms with E-state index in [1.807, 2.05) is 12.2 Å². The first-order chi connectivity index (χ1) is 27.7. The molecular weight excluding hydrogens is 763 g/mol. The number of amides is 2. The number of unbranched alkanes of at least 4 members (excludes halogenated alkanes) is 1. The quantitative estimate of drug-likeness (QED) is 0.0954. The SMILES string of the molecule is CCC1(C=C2OC(=O)C3=C2CCC2C4CCC5(C6=CCC(CCCCO)C(O)SSCNC7=CC(=CCN7)C(CN7C(=O)C=CC7=O)C4=C5C(=O)O6)C32)CCCC1. The number of cyclic esters (lactones) is 1. The molecule has 1 saturated heterocycles. The second-order valence-electron chi connectivity index (χ2n) is 17.3. The number of aliphatic hydroxyl groups excluding tert-OH is 2. The van der Waals surface area contributed by atoms with Gasteiger partial charge in [0.25, 0.3) is 11.8 Å². The van der Waals surface area contributed by atoms with E-state index in [4.69, 9.17) is 9.47 Å². The second kappa shape index (κ2) is 15.6. The first kappa shape index (κ1) is 39.0. The lowest BCUT2D eigenvalue weighted by molar-refractivity contribution is -0.138. The first-order valence-corrected chi connectivity index (χ1v) is 23.4. The fraction of sp³-hybridized carbons (Fsp3) is 0.591. The number of hydrogen-bond donors (Lipinski definition) is 4. The van der Waals surface area contributed by atoms with Gasteiger partial charge in [-0.3, -0.25) is 14.5 Å². The molecule has 3 fully saturated rings. The van der Waals surface area contributed by atoms with Crippen molar-refractivity contribution in [2.24, 2.45) is 40.4 Å². The van der Waals surface area contributed by atoms with Crippen LogP contribution in [0.1, 0.15) is 90.4 Å². The summed E-state index contributed by atoms with van der Waals surface area (Å²) in [6, 6.07) is 0. The van der Waals surface area contributed by atoms with Crippen molar-refractivity contribution in [3.05, 3.63) is 81.7 Å². The van der Waals surface area contributed by atoms with Gasteiger partial charge in [0.1, 0.15) is 17.0 Å². The molecule has 7 unspecified atom stereocenters. The minimum Gasteiger partial charge on any atom is -0.427 e. The minimum absolute atomic E-state index is 0.000979. The summed E-state index contributed by atoms with van der Waals surface area (Å²) in [5.74, 6) is -0.0256. The largest absolute Gasteiger partial charge is 0.427 e. The molecule has 5 heterocycles. The third-order valence-electron chi connectivity index (χ3n) is 14.6. The molecule has 4 N–H and O–H groups in total. The molecule has 5 aliphatic heterocycles. The number of dihydropyridines is 1.